The fraction of sp³-hybridized carbons (Fsp3) is 1.00. The Bertz CT molecular complexity index is 404. The molecule has 0 aromatic rings. The molecule has 0 spiro atoms. The van der Waals surface area contributed by atoms with Gasteiger partial charge in [-0.2, -0.15) is 11.8 Å². The first-order chi connectivity index (χ1) is 9.66. The molecule has 1 aliphatic heterocycles. The normalized spacial score (nSPS) is 23.2. The molecule has 126 valence electrons. The van der Waals surface area contributed by atoms with E-state index in [1.165, 1.54) is 6.26 Å². The Hall–Kier alpha value is 0.220. The van der Waals surface area contributed by atoms with E-state index in [2.05, 4.69) is 37.9 Å². The van der Waals surface area contributed by atoms with Crippen molar-refractivity contribution in [2.75, 3.05) is 37.4 Å². The standard InChI is InChI=1S/C15H32N2O2S2/c1-6-8-16-13(15(2,3)4)7-9-17-10-11-20-12-14(17)21(5,18)19/h13-14,16H,6-12H2,1-5H3. The van der Waals surface area contributed by atoms with Crippen LogP contribution >= 0.6 is 11.8 Å². The van der Waals surface area contributed by atoms with Crippen LogP contribution in [0.15, 0.2) is 0 Å². The van der Waals surface area contributed by atoms with E-state index in [4.69, 9.17) is 0 Å². The highest BCUT2D eigenvalue weighted by Gasteiger charge is 2.32. The van der Waals surface area contributed by atoms with Gasteiger partial charge in [0, 0.05) is 36.9 Å². The molecule has 2 atom stereocenters. The third-order valence-electron chi connectivity index (χ3n) is 4.08. The first-order valence-corrected chi connectivity index (χ1v) is 11.0. The lowest BCUT2D eigenvalue weighted by molar-refractivity contribution is 0.202. The van der Waals surface area contributed by atoms with Gasteiger partial charge in [0.15, 0.2) is 9.84 Å². The van der Waals surface area contributed by atoms with Crippen LogP contribution in [0, 0.1) is 5.41 Å². The molecule has 1 N–H and O–H groups in total. The quantitative estimate of drug-likeness (QED) is 0.772. The lowest BCUT2D eigenvalue weighted by atomic mass is 9.84. The van der Waals surface area contributed by atoms with Gasteiger partial charge in [0.05, 0.1) is 0 Å². The van der Waals surface area contributed by atoms with Gasteiger partial charge in [-0.1, -0.05) is 27.7 Å². The van der Waals surface area contributed by atoms with E-state index >= 15 is 0 Å². The van der Waals surface area contributed by atoms with Gasteiger partial charge in [-0.25, -0.2) is 8.42 Å². The number of nitrogens with zero attached hydrogens (tertiary/aromatic N) is 1. The summed E-state index contributed by atoms with van der Waals surface area (Å²) in [6, 6.07) is 0.423. The Morgan fingerprint density at radius 1 is 1.38 bits per heavy atom. The summed E-state index contributed by atoms with van der Waals surface area (Å²) in [7, 11) is -2.99. The van der Waals surface area contributed by atoms with Crippen molar-refractivity contribution in [2.24, 2.45) is 5.41 Å². The summed E-state index contributed by atoms with van der Waals surface area (Å²) < 4.78 is 23.9. The molecule has 0 amide bonds. The summed E-state index contributed by atoms with van der Waals surface area (Å²) in [5.41, 5.74) is 0.195. The van der Waals surface area contributed by atoms with Crippen molar-refractivity contribution in [2.45, 2.75) is 52.0 Å². The predicted octanol–water partition coefficient (Wildman–Crippen LogP) is 2.21. The van der Waals surface area contributed by atoms with E-state index in [0.29, 0.717) is 11.8 Å². The molecule has 0 radical (unpaired) electrons. The van der Waals surface area contributed by atoms with Crippen LogP contribution < -0.4 is 5.32 Å². The Morgan fingerprint density at radius 3 is 2.57 bits per heavy atom. The zero-order valence-electron chi connectivity index (χ0n) is 14.2. The predicted molar refractivity (Wildman–Crippen MR) is 93.7 cm³/mol. The average molecular weight is 337 g/mol. The molecule has 4 nitrogen and oxygen atoms in total. The highest BCUT2D eigenvalue weighted by molar-refractivity contribution is 8.00. The van der Waals surface area contributed by atoms with Crippen LogP contribution in [0.5, 0.6) is 0 Å². The van der Waals surface area contributed by atoms with Gasteiger partial charge >= 0.3 is 0 Å². The molecule has 1 rings (SSSR count). The number of nitrogens with one attached hydrogen (secondary N) is 1. The fourth-order valence-corrected chi connectivity index (χ4v) is 5.69. The highest BCUT2D eigenvalue weighted by atomic mass is 32.2. The molecule has 1 aliphatic rings. The Morgan fingerprint density at radius 2 is 2.05 bits per heavy atom. The minimum Gasteiger partial charge on any atom is -0.313 e. The SMILES string of the molecule is CCCNC(CCN1CCSCC1S(C)(=O)=O)C(C)(C)C. The van der Waals surface area contributed by atoms with E-state index in [1.54, 1.807) is 11.8 Å². The van der Waals surface area contributed by atoms with E-state index in [9.17, 15) is 8.42 Å². The number of sulfone groups is 1. The zero-order chi connectivity index (χ0) is 16.1. The molecule has 0 bridgehead atoms. The van der Waals surface area contributed by atoms with Crippen LogP contribution in [-0.4, -0.2) is 62.1 Å². The number of hydrogen-bond donors (Lipinski definition) is 1. The molecule has 1 heterocycles. The molecule has 0 aromatic heterocycles. The molecule has 0 aromatic carbocycles. The third kappa shape index (κ3) is 6.47. The fourth-order valence-electron chi connectivity index (χ4n) is 2.72. The molecular formula is C15H32N2O2S2. The van der Waals surface area contributed by atoms with Crippen LogP contribution in [0.4, 0.5) is 0 Å². The molecule has 0 saturated carbocycles. The summed E-state index contributed by atoms with van der Waals surface area (Å²) in [4.78, 5) is 2.16. The van der Waals surface area contributed by atoms with Gasteiger partial charge in [0.1, 0.15) is 5.37 Å². The zero-order valence-corrected chi connectivity index (χ0v) is 15.8. The smallest absolute Gasteiger partial charge is 0.164 e. The lowest BCUT2D eigenvalue weighted by Gasteiger charge is -2.37. The first kappa shape index (κ1) is 19.3. The molecule has 0 aliphatic carbocycles. The topological polar surface area (TPSA) is 49.4 Å². The molecule has 1 fully saturated rings. The maximum Gasteiger partial charge on any atom is 0.164 e. The van der Waals surface area contributed by atoms with Crippen molar-refractivity contribution in [3.05, 3.63) is 0 Å². The second-order valence-corrected chi connectivity index (χ2v) is 10.4. The second-order valence-electron chi connectivity index (χ2n) is 7.06. The Labute approximate surface area is 135 Å². The van der Waals surface area contributed by atoms with E-state index in [1.807, 2.05) is 0 Å². The van der Waals surface area contributed by atoms with Crippen LogP contribution in [0.2, 0.25) is 0 Å². The molecular weight excluding hydrogens is 304 g/mol. The van der Waals surface area contributed by atoms with Crippen molar-refractivity contribution in [3.8, 4) is 0 Å². The summed E-state index contributed by atoms with van der Waals surface area (Å²) in [5.74, 6) is 1.75. The summed E-state index contributed by atoms with van der Waals surface area (Å²) in [5, 5.41) is 3.32. The summed E-state index contributed by atoms with van der Waals surface area (Å²) >= 11 is 1.75. The molecule has 21 heavy (non-hydrogen) atoms. The lowest BCUT2D eigenvalue weighted by Crippen LogP contribution is -2.50. The minimum absolute atomic E-state index is 0.195. The van der Waals surface area contributed by atoms with Gasteiger partial charge in [-0.3, -0.25) is 4.90 Å². The third-order valence-corrected chi connectivity index (χ3v) is 6.76. The summed E-state index contributed by atoms with van der Waals surface area (Å²) in [6.07, 6.45) is 3.49. The Balaban J connectivity index is 2.64. The highest BCUT2D eigenvalue weighted by Crippen LogP contribution is 2.25. The largest absolute Gasteiger partial charge is 0.313 e. The van der Waals surface area contributed by atoms with E-state index in [0.717, 1.165) is 38.2 Å². The minimum atomic E-state index is -2.99. The van der Waals surface area contributed by atoms with Gasteiger partial charge < -0.3 is 5.32 Å². The average Bonchev–Trinajstić information content (AvgIpc) is 2.36. The van der Waals surface area contributed by atoms with Crippen molar-refractivity contribution >= 4 is 21.6 Å². The maximum absolute atomic E-state index is 11.9. The van der Waals surface area contributed by atoms with Gasteiger partial charge in [0.2, 0.25) is 0 Å². The summed E-state index contributed by atoms with van der Waals surface area (Å²) in [6.45, 7) is 11.7. The van der Waals surface area contributed by atoms with Crippen molar-refractivity contribution in [1.82, 2.24) is 10.2 Å². The van der Waals surface area contributed by atoms with Gasteiger partial charge in [-0.15, -0.1) is 0 Å². The molecule has 1 saturated heterocycles. The van der Waals surface area contributed by atoms with E-state index in [-0.39, 0.29) is 10.8 Å². The molecule has 6 heteroatoms. The second kappa shape index (κ2) is 8.18. The van der Waals surface area contributed by atoms with Crippen LogP contribution in [0.1, 0.15) is 40.5 Å². The van der Waals surface area contributed by atoms with Crippen LogP contribution in [-0.2, 0) is 9.84 Å². The Kier molecular flexibility index (Phi) is 7.50. The number of rotatable bonds is 7. The van der Waals surface area contributed by atoms with Gasteiger partial charge in [0.25, 0.3) is 0 Å². The van der Waals surface area contributed by atoms with Crippen LogP contribution in [0.25, 0.3) is 0 Å². The monoisotopic (exact) mass is 336 g/mol. The van der Waals surface area contributed by atoms with Gasteiger partial charge in [-0.05, 0) is 24.8 Å². The van der Waals surface area contributed by atoms with Crippen molar-refractivity contribution < 1.29 is 8.42 Å². The van der Waals surface area contributed by atoms with Crippen molar-refractivity contribution in [3.63, 3.8) is 0 Å². The first-order valence-electron chi connectivity index (χ1n) is 7.90. The van der Waals surface area contributed by atoms with Crippen molar-refractivity contribution in [1.29, 1.82) is 0 Å². The molecule has 2 unspecified atom stereocenters. The maximum atomic E-state index is 11.9. The van der Waals surface area contributed by atoms with E-state index < -0.39 is 9.84 Å². The van der Waals surface area contributed by atoms with Crippen LogP contribution in [0.3, 0.4) is 0 Å². The number of thioether (sulfide) groups is 1. The number of hydrogen-bond acceptors (Lipinski definition) is 5.